The minimum absolute atomic E-state index is 0.0893. The van der Waals surface area contributed by atoms with Gasteiger partial charge in [0.1, 0.15) is 0 Å². The maximum absolute atomic E-state index is 11.9. The van der Waals surface area contributed by atoms with E-state index in [1.165, 1.54) is 39.9 Å². The van der Waals surface area contributed by atoms with Crippen LogP contribution >= 0.6 is 0 Å². The summed E-state index contributed by atoms with van der Waals surface area (Å²) < 4.78 is 9.56. The molecular weight excluding hydrogens is 256 g/mol. The van der Waals surface area contributed by atoms with Crippen LogP contribution in [-0.2, 0) is 19.1 Å². The van der Waals surface area contributed by atoms with E-state index < -0.39 is 17.4 Å². The quantitative estimate of drug-likeness (QED) is 0.349. The summed E-state index contributed by atoms with van der Waals surface area (Å²) in [5, 5.41) is 0. The number of carbonyl (C=O) groups is 2. The maximum Gasteiger partial charge on any atom is 0.323 e. The lowest BCUT2D eigenvalue weighted by atomic mass is 9.75. The van der Waals surface area contributed by atoms with E-state index >= 15 is 0 Å². The summed E-state index contributed by atoms with van der Waals surface area (Å²) in [5.41, 5.74) is -1.20. The van der Waals surface area contributed by atoms with Crippen LogP contribution in [0.15, 0.2) is 0 Å². The number of unbranched alkanes of at least 4 members (excludes halogenated alkanes) is 5. The summed E-state index contributed by atoms with van der Waals surface area (Å²) in [7, 11) is 2.61. The predicted molar refractivity (Wildman–Crippen MR) is 79.3 cm³/mol. The molecule has 0 aliphatic carbocycles. The fraction of sp³-hybridized carbons (Fsp3) is 0.875. The highest BCUT2D eigenvalue weighted by atomic mass is 16.5. The molecule has 0 saturated carbocycles. The van der Waals surface area contributed by atoms with Crippen LogP contribution < -0.4 is 0 Å². The average molecular weight is 286 g/mol. The Morgan fingerprint density at radius 1 is 0.950 bits per heavy atom. The second-order valence-electron chi connectivity index (χ2n) is 5.64. The third-order valence-corrected chi connectivity index (χ3v) is 4.20. The van der Waals surface area contributed by atoms with E-state index in [4.69, 9.17) is 9.47 Å². The zero-order chi connectivity index (χ0) is 15.6. The van der Waals surface area contributed by atoms with Crippen molar-refractivity contribution >= 4 is 11.9 Å². The second-order valence-corrected chi connectivity index (χ2v) is 5.64. The van der Waals surface area contributed by atoms with E-state index in [1.807, 2.05) is 6.92 Å². The molecule has 0 radical (unpaired) electrons. The Balaban J connectivity index is 4.39. The summed E-state index contributed by atoms with van der Waals surface area (Å²) in [5.74, 6) is -1.11. The first-order chi connectivity index (χ1) is 9.44. The van der Waals surface area contributed by atoms with E-state index in [9.17, 15) is 9.59 Å². The highest BCUT2D eigenvalue weighted by Crippen LogP contribution is 2.34. The second kappa shape index (κ2) is 9.78. The Morgan fingerprint density at radius 3 is 1.85 bits per heavy atom. The van der Waals surface area contributed by atoms with Crippen molar-refractivity contribution in [2.45, 2.75) is 65.7 Å². The van der Waals surface area contributed by atoms with Crippen LogP contribution in [0.5, 0.6) is 0 Å². The van der Waals surface area contributed by atoms with Crippen molar-refractivity contribution in [3.05, 3.63) is 0 Å². The normalized spacial score (nSPS) is 12.8. The van der Waals surface area contributed by atoms with Crippen molar-refractivity contribution in [1.29, 1.82) is 0 Å². The molecule has 0 fully saturated rings. The molecule has 0 spiro atoms. The summed E-state index contributed by atoms with van der Waals surface area (Å²) in [6.45, 7) is 5.73. The first-order valence-electron chi connectivity index (χ1n) is 7.61. The van der Waals surface area contributed by atoms with Gasteiger partial charge in [-0.1, -0.05) is 52.4 Å². The van der Waals surface area contributed by atoms with Gasteiger partial charge in [0.05, 0.1) is 14.2 Å². The Hall–Kier alpha value is -1.06. The highest BCUT2D eigenvalue weighted by Gasteiger charge is 2.47. The summed E-state index contributed by atoms with van der Waals surface area (Å²) in [6, 6.07) is 0. The van der Waals surface area contributed by atoms with Crippen molar-refractivity contribution in [2.24, 2.45) is 11.3 Å². The smallest absolute Gasteiger partial charge is 0.323 e. The van der Waals surface area contributed by atoms with Crippen molar-refractivity contribution in [3.63, 3.8) is 0 Å². The lowest BCUT2D eigenvalue weighted by Crippen LogP contribution is -2.43. The lowest BCUT2D eigenvalue weighted by Gasteiger charge is -2.30. The molecule has 0 aromatic carbocycles. The molecule has 0 aliphatic rings. The maximum atomic E-state index is 11.9. The van der Waals surface area contributed by atoms with Gasteiger partial charge in [-0.05, 0) is 19.3 Å². The number of hydrogen-bond donors (Lipinski definition) is 0. The Labute approximate surface area is 123 Å². The van der Waals surface area contributed by atoms with Crippen LogP contribution in [0.2, 0.25) is 0 Å². The van der Waals surface area contributed by atoms with Gasteiger partial charge in [-0.25, -0.2) is 0 Å². The van der Waals surface area contributed by atoms with Gasteiger partial charge >= 0.3 is 11.9 Å². The third kappa shape index (κ3) is 5.14. The van der Waals surface area contributed by atoms with Gasteiger partial charge in [0.2, 0.25) is 0 Å². The fourth-order valence-electron chi connectivity index (χ4n) is 2.43. The molecule has 0 aliphatic heterocycles. The third-order valence-electron chi connectivity index (χ3n) is 4.20. The Morgan fingerprint density at radius 2 is 1.40 bits per heavy atom. The molecule has 1 atom stereocenters. The number of hydrogen-bond acceptors (Lipinski definition) is 4. The van der Waals surface area contributed by atoms with Gasteiger partial charge in [-0.15, -0.1) is 0 Å². The highest BCUT2D eigenvalue weighted by molar-refractivity contribution is 5.99. The van der Waals surface area contributed by atoms with Crippen LogP contribution in [-0.4, -0.2) is 26.2 Å². The molecule has 0 N–H and O–H groups in total. The number of esters is 2. The molecule has 0 aromatic heterocycles. The molecule has 0 aromatic rings. The van der Waals surface area contributed by atoms with Crippen LogP contribution in [0.4, 0.5) is 0 Å². The number of methoxy groups -OCH3 is 2. The molecule has 0 amide bonds. The molecule has 0 rings (SSSR count). The van der Waals surface area contributed by atoms with Gasteiger partial charge < -0.3 is 9.47 Å². The van der Waals surface area contributed by atoms with E-state index in [0.29, 0.717) is 0 Å². The molecule has 0 saturated heterocycles. The standard InChI is InChI=1S/C16H30O4/c1-6-7-8-9-10-11-12-13(2)16(3,14(17)19-4)15(18)20-5/h13H,6-12H2,1-5H3. The fourth-order valence-corrected chi connectivity index (χ4v) is 2.43. The topological polar surface area (TPSA) is 52.6 Å². The van der Waals surface area contributed by atoms with Gasteiger partial charge in [0, 0.05) is 0 Å². The molecule has 0 bridgehead atoms. The van der Waals surface area contributed by atoms with Crippen molar-refractivity contribution in [3.8, 4) is 0 Å². The van der Waals surface area contributed by atoms with Gasteiger partial charge in [-0.2, -0.15) is 0 Å². The van der Waals surface area contributed by atoms with E-state index in [1.54, 1.807) is 6.92 Å². The summed E-state index contributed by atoms with van der Waals surface area (Å²) in [6.07, 6.45) is 7.98. The molecule has 0 heterocycles. The predicted octanol–water partition coefficient (Wildman–Crippen LogP) is 3.73. The molecule has 1 unspecified atom stereocenters. The molecule has 4 nitrogen and oxygen atoms in total. The zero-order valence-electron chi connectivity index (χ0n) is 13.7. The minimum Gasteiger partial charge on any atom is -0.468 e. The Kier molecular flexibility index (Phi) is 9.26. The van der Waals surface area contributed by atoms with E-state index in [0.717, 1.165) is 19.3 Å². The summed E-state index contributed by atoms with van der Waals surface area (Å²) >= 11 is 0. The van der Waals surface area contributed by atoms with E-state index in [2.05, 4.69) is 6.92 Å². The largest absolute Gasteiger partial charge is 0.468 e. The average Bonchev–Trinajstić information content (AvgIpc) is 2.47. The number of ether oxygens (including phenoxy) is 2. The lowest BCUT2D eigenvalue weighted by molar-refractivity contribution is -0.172. The first-order valence-corrected chi connectivity index (χ1v) is 7.61. The molecule has 4 heteroatoms. The molecule has 118 valence electrons. The van der Waals surface area contributed by atoms with Crippen LogP contribution in [0, 0.1) is 11.3 Å². The van der Waals surface area contributed by atoms with Crippen LogP contribution in [0.25, 0.3) is 0 Å². The van der Waals surface area contributed by atoms with Crippen molar-refractivity contribution in [2.75, 3.05) is 14.2 Å². The Bertz CT molecular complexity index is 283. The SMILES string of the molecule is CCCCCCCCC(C)C(C)(C(=O)OC)C(=O)OC. The van der Waals surface area contributed by atoms with Gasteiger partial charge in [0.25, 0.3) is 0 Å². The zero-order valence-corrected chi connectivity index (χ0v) is 13.7. The van der Waals surface area contributed by atoms with Crippen molar-refractivity contribution in [1.82, 2.24) is 0 Å². The van der Waals surface area contributed by atoms with E-state index in [-0.39, 0.29) is 5.92 Å². The van der Waals surface area contributed by atoms with Crippen molar-refractivity contribution < 1.29 is 19.1 Å². The van der Waals surface area contributed by atoms with Gasteiger partial charge in [-0.3, -0.25) is 9.59 Å². The van der Waals surface area contributed by atoms with Gasteiger partial charge in [0.15, 0.2) is 5.41 Å². The first kappa shape index (κ1) is 18.9. The van der Waals surface area contributed by atoms with Crippen LogP contribution in [0.1, 0.15) is 65.7 Å². The minimum atomic E-state index is -1.20. The number of carbonyl (C=O) groups excluding carboxylic acids is 2. The van der Waals surface area contributed by atoms with Crippen LogP contribution in [0.3, 0.4) is 0 Å². The number of rotatable bonds is 10. The summed E-state index contributed by atoms with van der Waals surface area (Å²) in [4.78, 5) is 23.9. The monoisotopic (exact) mass is 286 g/mol. The molecule has 20 heavy (non-hydrogen) atoms. The molecular formula is C16H30O4.